The van der Waals surface area contributed by atoms with Gasteiger partial charge in [0.1, 0.15) is 11.9 Å². The first-order chi connectivity index (χ1) is 7.20. The van der Waals surface area contributed by atoms with Gasteiger partial charge in [0.05, 0.1) is 4.47 Å². The summed E-state index contributed by atoms with van der Waals surface area (Å²) >= 11 is 3.43. The zero-order valence-electron chi connectivity index (χ0n) is 8.19. The quantitative estimate of drug-likeness (QED) is 0.881. The molecule has 2 N–H and O–H groups in total. The van der Waals surface area contributed by atoms with E-state index in [1.54, 1.807) is 6.20 Å². The highest BCUT2D eigenvalue weighted by Crippen LogP contribution is 2.29. The Hall–Kier alpha value is -1.10. The standard InChI is InChI=1S/C10H12BrN3O/c11-7-3-1-5-13-10(7)14-6-2-4-8(14)9(12)15/h1,3,5,8H,2,4,6H2,(H2,12,15). The summed E-state index contributed by atoms with van der Waals surface area (Å²) in [4.78, 5) is 17.5. The number of carbonyl (C=O) groups is 1. The molecule has 2 heterocycles. The van der Waals surface area contributed by atoms with Crippen molar-refractivity contribution in [1.29, 1.82) is 0 Å². The van der Waals surface area contributed by atoms with Gasteiger partial charge in [0, 0.05) is 12.7 Å². The minimum Gasteiger partial charge on any atom is -0.368 e. The summed E-state index contributed by atoms with van der Waals surface area (Å²) in [5.74, 6) is 0.531. The van der Waals surface area contributed by atoms with E-state index in [4.69, 9.17) is 5.73 Å². The number of carbonyl (C=O) groups excluding carboxylic acids is 1. The maximum absolute atomic E-state index is 11.2. The molecule has 1 atom stereocenters. The van der Waals surface area contributed by atoms with Crippen LogP contribution in [0.25, 0.3) is 0 Å². The third-order valence-electron chi connectivity index (χ3n) is 2.59. The number of hydrogen-bond acceptors (Lipinski definition) is 3. The molecule has 1 saturated heterocycles. The van der Waals surface area contributed by atoms with Crippen LogP contribution in [0.5, 0.6) is 0 Å². The van der Waals surface area contributed by atoms with Crippen LogP contribution < -0.4 is 10.6 Å². The van der Waals surface area contributed by atoms with E-state index in [2.05, 4.69) is 20.9 Å². The molecule has 1 aliphatic rings. The van der Waals surface area contributed by atoms with Gasteiger partial charge < -0.3 is 10.6 Å². The highest BCUT2D eigenvalue weighted by atomic mass is 79.9. The molecule has 1 aromatic heterocycles. The van der Waals surface area contributed by atoms with E-state index in [-0.39, 0.29) is 11.9 Å². The van der Waals surface area contributed by atoms with E-state index in [1.807, 2.05) is 17.0 Å². The monoisotopic (exact) mass is 269 g/mol. The van der Waals surface area contributed by atoms with Crippen LogP contribution >= 0.6 is 15.9 Å². The Kier molecular flexibility index (Phi) is 2.90. The Morgan fingerprint density at radius 3 is 3.13 bits per heavy atom. The average Bonchev–Trinajstić information content (AvgIpc) is 2.67. The van der Waals surface area contributed by atoms with E-state index in [0.29, 0.717) is 0 Å². The number of amides is 1. The maximum Gasteiger partial charge on any atom is 0.240 e. The molecule has 1 aromatic rings. The molecule has 15 heavy (non-hydrogen) atoms. The minimum absolute atomic E-state index is 0.212. The van der Waals surface area contributed by atoms with Crippen LogP contribution in [-0.4, -0.2) is 23.5 Å². The lowest BCUT2D eigenvalue weighted by atomic mass is 10.2. The number of aromatic nitrogens is 1. The fourth-order valence-corrected chi connectivity index (χ4v) is 2.39. The van der Waals surface area contributed by atoms with Gasteiger partial charge in [-0.05, 0) is 40.9 Å². The van der Waals surface area contributed by atoms with Gasteiger partial charge in [0.25, 0.3) is 0 Å². The third kappa shape index (κ3) is 1.97. The first kappa shape index (κ1) is 10.4. The molecule has 1 fully saturated rings. The zero-order chi connectivity index (χ0) is 10.8. The minimum atomic E-state index is -0.273. The van der Waals surface area contributed by atoms with E-state index < -0.39 is 0 Å². The van der Waals surface area contributed by atoms with Crippen molar-refractivity contribution in [3.8, 4) is 0 Å². The Morgan fingerprint density at radius 1 is 1.67 bits per heavy atom. The maximum atomic E-state index is 11.2. The summed E-state index contributed by atoms with van der Waals surface area (Å²) in [7, 11) is 0. The lowest BCUT2D eigenvalue weighted by Crippen LogP contribution is -2.40. The van der Waals surface area contributed by atoms with Gasteiger partial charge in [-0.1, -0.05) is 0 Å². The second-order valence-corrected chi connectivity index (χ2v) is 4.42. The van der Waals surface area contributed by atoms with Crippen LogP contribution in [-0.2, 0) is 4.79 Å². The number of primary amides is 1. The van der Waals surface area contributed by atoms with E-state index in [9.17, 15) is 4.79 Å². The van der Waals surface area contributed by atoms with Gasteiger partial charge in [-0.15, -0.1) is 0 Å². The first-order valence-corrected chi connectivity index (χ1v) is 5.66. The number of hydrogen-bond donors (Lipinski definition) is 1. The van der Waals surface area contributed by atoms with E-state index in [0.717, 1.165) is 29.7 Å². The van der Waals surface area contributed by atoms with Crippen molar-refractivity contribution >= 4 is 27.7 Å². The summed E-state index contributed by atoms with van der Waals surface area (Å²) in [5.41, 5.74) is 5.35. The molecule has 4 nitrogen and oxygen atoms in total. The Bertz CT molecular complexity index is 383. The number of nitrogens with two attached hydrogens (primary N) is 1. The molecule has 1 unspecified atom stereocenters. The molecule has 0 bridgehead atoms. The number of halogens is 1. The van der Waals surface area contributed by atoms with Crippen LogP contribution in [0.1, 0.15) is 12.8 Å². The molecule has 1 aliphatic heterocycles. The summed E-state index contributed by atoms with van der Waals surface area (Å²) in [5, 5.41) is 0. The predicted octanol–water partition coefficient (Wildman–Crippen LogP) is 1.30. The van der Waals surface area contributed by atoms with Crippen LogP contribution in [0.4, 0.5) is 5.82 Å². The van der Waals surface area contributed by atoms with E-state index in [1.165, 1.54) is 0 Å². The van der Waals surface area contributed by atoms with Crippen LogP contribution in [0.2, 0.25) is 0 Å². The van der Waals surface area contributed by atoms with Gasteiger partial charge >= 0.3 is 0 Å². The van der Waals surface area contributed by atoms with Crippen molar-refractivity contribution in [2.75, 3.05) is 11.4 Å². The molecular weight excluding hydrogens is 258 g/mol. The van der Waals surface area contributed by atoms with Crippen molar-refractivity contribution < 1.29 is 4.79 Å². The number of nitrogens with zero attached hydrogens (tertiary/aromatic N) is 2. The van der Waals surface area contributed by atoms with Gasteiger partial charge in [-0.3, -0.25) is 4.79 Å². The Labute approximate surface area is 96.6 Å². The van der Waals surface area contributed by atoms with Gasteiger partial charge in [-0.25, -0.2) is 4.98 Å². The van der Waals surface area contributed by atoms with Crippen molar-refractivity contribution in [2.24, 2.45) is 5.73 Å². The lowest BCUT2D eigenvalue weighted by molar-refractivity contribution is -0.119. The van der Waals surface area contributed by atoms with Crippen molar-refractivity contribution in [1.82, 2.24) is 4.98 Å². The fraction of sp³-hybridized carbons (Fsp3) is 0.400. The van der Waals surface area contributed by atoms with Crippen molar-refractivity contribution in [3.63, 3.8) is 0 Å². The second-order valence-electron chi connectivity index (χ2n) is 3.56. The third-order valence-corrected chi connectivity index (χ3v) is 3.21. The predicted molar refractivity (Wildman–Crippen MR) is 61.5 cm³/mol. The molecule has 2 rings (SSSR count). The molecular formula is C10H12BrN3O. The van der Waals surface area contributed by atoms with Gasteiger partial charge in [0.15, 0.2) is 0 Å². The average molecular weight is 270 g/mol. The van der Waals surface area contributed by atoms with Crippen molar-refractivity contribution in [2.45, 2.75) is 18.9 Å². The molecule has 80 valence electrons. The zero-order valence-corrected chi connectivity index (χ0v) is 9.77. The lowest BCUT2D eigenvalue weighted by Gasteiger charge is -2.23. The molecule has 1 amide bonds. The Balaban J connectivity index is 2.30. The van der Waals surface area contributed by atoms with Crippen LogP contribution in [0, 0.1) is 0 Å². The topological polar surface area (TPSA) is 59.2 Å². The fourth-order valence-electron chi connectivity index (χ4n) is 1.90. The molecule has 0 aliphatic carbocycles. The number of anilines is 1. The summed E-state index contributed by atoms with van der Waals surface area (Å²) in [6.45, 7) is 0.837. The smallest absolute Gasteiger partial charge is 0.240 e. The number of pyridine rings is 1. The van der Waals surface area contributed by atoms with Crippen LogP contribution in [0.3, 0.4) is 0 Å². The second kappa shape index (κ2) is 4.18. The Morgan fingerprint density at radius 2 is 2.47 bits per heavy atom. The molecule has 0 spiro atoms. The van der Waals surface area contributed by atoms with Crippen molar-refractivity contribution in [3.05, 3.63) is 22.8 Å². The van der Waals surface area contributed by atoms with Gasteiger partial charge in [0.2, 0.25) is 5.91 Å². The molecule has 0 radical (unpaired) electrons. The normalized spacial score (nSPS) is 20.6. The molecule has 0 saturated carbocycles. The SMILES string of the molecule is NC(=O)C1CCCN1c1ncccc1Br. The van der Waals surface area contributed by atoms with Gasteiger partial charge in [-0.2, -0.15) is 0 Å². The summed E-state index contributed by atoms with van der Waals surface area (Å²) in [6, 6.07) is 3.55. The molecule has 0 aromatic carbocycles. The molecule has 5 heteroatoms. The van der Waals surface area contributed by atoms with Crippen LogP contribution in [0.15, 0.2) is 22.8 Å². The first-order valence-electron chi connectivity index (χ1n) is 4.86. The number of rotatable bonds is 2. The summed E-state index contributed by atoms with van der Waals surface area (Å²) < 4.78 is 0.901. The van der Waals surface area contributed by atoms with E-state index >= 15 is 0 Å². The largest absolute Gasteiger partial charge is 0.368 e. The summed E-state index contributed by atoms with van der Waals surface area (Å²) in [6.07, 6.45) is 3.52. The highest BCUT2D eigenvalue weighted by molar-refractivity contribution is 9.10. The highest BCUT2D eigenvalue weighted by Gasteiger charge is 2.30.